The molecule has 1 rings (SSSR count). The molecular formula is C12H22N2O5. The van der Waals surface area contributed by atoms with E-state index < -0.39 is 24.0 Å². The lowest BCUT2D eigenvalue weighted by molar-refractivity contribution is -0.149. The Morgan fingerprint density at radius 2 is 2.21 bits per heavy atom. The van der Waals surface area contributed by atoms with Crippen molar-refractivity contribution in [3.8, 4) is 0 Å². The van der Waals surface area contributed by atoms with Gasteiger partial charge in [0.2, 0.25) is 0 Å². The maximum atomic E-state index is 12.3. The van der Waals surface area contributed by atoms with Gasteiger partial charge in [0, 0.05) is 20.2 Å². The summed E-state index contributed by atoms with van der Waals surface area (Å²) in [6.45, 7) is 2.84. The maximum absolute atomic E-state index is 12.3. The van der Waals surface area contributed by atoms with E-state index in [1.165, 1.54) is 12.0 Å². The summed E-state index contributed by atoms with van der Waals surface area (Å²) in [5.74, 6) is -1.91. The Hall–Kier alpha value is -1.18. The Morgan fingerprint density at radius 3 is 2.68 bits per heavy atom. The number of carbonyl (C=O) groups is 2. The van der Waals surface area contributed by atoms with E-state index in [-0.39, 0.29) is 25.7 Å². The molecule has 1 fully saturated rings. The Bertz CT molecular complexity index is 319. The molecule has 0 radical (unpaired) electrons. The van der Waals surface area contributed by atoms with Crippen LogP contribution in [0, 0.1) is 5.92 Å². The van der Waals surface area contributed by atoms with Crippen molar-refractivity contribution < 1.29 is 24.2 Å². The number of hydrogen-bond donors (Lipinski definition) is 2. The van der Waals surface area contributed by atoms with E-state index in [1.54, 1.807) is 0 Å². The van der Waals surface area contributed by atoms with E-state index in [9.17, 15) is 9.59 Å². The average Bonchev–Trinajstić information content (AvgIpc) is 2.86. The predicted molar refractivity (Wildman–Crippen MR) is 67.6 cm³/mol. The number of nitrogens with two attached hydrogens (primary N) is 1. The largest absolute Gasteiger partial charge is 0.481 e. The molecule has 1 aliphatic heterocycles. The van der Waals surface area contributed by atoms with Gasteiger partial charge in [0.05, 0.1) is 19.3 Å². The number of carboxylic acids is 1. The van der Waals surface area contributed by atoms with Crippen LogP contribution in [0.3, 0.4) is 0 Å². The fourth-order valence-corrected chi connectivity index (χ4v) is 2.25. The molecule has 0 bridgehead atoms. The smallest absolute Gasteiger partial charge is 0.311 e. The van der Waals surface area contributed by atoms with E-state index in [2.05, 4.69) is 0 Å². The van der Waals surface area contributed by atoms with Gasteiger partial charge in [-0.1, -0.05) is 6.92 Å². The molecule has 1 aliphatic rings. The SMILES string of the molecule is CCCN(C(=O)C(CN)OC)C1COCC1C(=O)O. The number of rotatable bonds is 7. The molecule has 19 heavy (non-hydrogen) atoms. The van der Waals surface area contributed by atoms with Crippen molar-refractivity contribution in [2.24, 2.45) is 11.7 Å². The first-order valence-corrected chi connectivity index (χ1v) is 6.40. The van der Waals surface area contributed by atoms with Crippen molar-refractivity contribution >= 4 is 11.9 Å². The molecule has 7 heteroatoms. The summed E-state index contributed by atoms with van der Waals surface area (Å²) in [7, 11) is 1.42. The normalized spacial score (nSPS) is 24.2. The van der Waals surface area contributed by atoms with E-state index >= 15 is 0 Å². The topological polar surface area (TPSA) is 102 Å². The van der Waals surface area contributed by atoms with Gasteiger partial charge >= 0.3 is 5.97 Å². The molecule has 7 nitrogen and oxygen atoms in total. The lowest BCUT2D eigenvalue weighted by atomic mass is 10.0. The van der Waals surface area contributed by atoms with Crippen LogP contribution in [0.15, 0.2) is 0 Å². The van der Waals surface area contributed by atoms with Gasteiger partial charge < -0.3 is 25.2 Å². The average molecular weight is 274 g/mol. The van der Waals surface area contributed by atoms with Gasteiger partial charge in [0.15, 0.2) is 0 Å². The molecular weight excluding hydrogens is 252 g/mol. The fourth-order valence-electron chi connectivity index (χ4n) is 2.25. The van der Waals surface area contributed by atoms with Crippen LogP contribution in [-0.4, -0.2) is 67.4 Å². The van der Waals surface area contributed by atoms with Crippen molar-refractivity contribution in [1.29, 1.82) is 0 Å². The van der Waals surface area contributed by atoms with E-state index in [4.69, 9.17) is 20.3 Å². The summed E-state index contributed by atoms with van der Waals surface area (Å²) in [6, 6.07) is -0.450. The van der Waals surface area contributed by atoms with Crippen LogP contribution in [-0.2, 0) is 19.1 Å². The number of nitrogens with zero attached hydrogens (tertiary/aromatic N) is 1. The van der Waals surface area contributed by atoms with Crippen LogP contribution in [0.5, 0.6) is 0 Å². The minimum atomic E-state index is -0.946. The third-order valence-corrected chi connectivity index (χ3v) is 3.29. The Morgan fingerprint density at radius 1 is 1.53 bits per heavy atom. The number of ether oxygens (including phenoxy) is 2. The highest BCUT2D eigenvalue weighted by atomic mass is 16.5. The van der Waals surface area contributed by atoms with E-state index in [0.29, 0.717) is 6.54 Å². The molecule has 0 aromatic carbocycles. The summed E-state index contributed by atoms with van der Waals surface area (Å²) in [6.07, 6.45) is -0.00290. The second kappa shape index (κ2) is 7.42. The maximum Gasteiger partial charge on any atom is 0.311 e. The zero-order valence-corrected chi connectivity index (χ0v) is 11.4. The molecule has 0 aliphatic carbocycles. The lowest BCUT2D eigenvalue weighted by Crippen LogP contribution is -2.52. The monoisotopic (exact) mass is 274 g/mol. The molecule has 0 saturated carbocycles. The van der Waals surface area contributed by atoms with Crippen LogP contribution >= 0.6 is 0 Å². The number of amides is 1. The second-order valence-electron chi connectivity index (χ2n) is 4.54. The molecule has 0 aromatic heterocycles. The standard InChI is InChI=1S/C12H22N2O5/c1-3-4-14(11(15)10(5-13)18-2)9-7-19-6-8(9)12(16)17/h8-10H,3-7,13H2,1-2H3,(H,16,17). The van der Waals surface area contributed by atoms with Crippen molar-refractivity contribution in [3.63, 3.8) is 0 Å². The minimum Gasteiger partial charge on any atom is -0.481 e. The van der Waals surface area contributed by atoms with Crippen LogP contribution in [0.2, 0.25) is 0 Å². The second-order valence-corrected chi connectivity index (χ2v) is 4.54. The first-order chi connectivity index (χ1) is 9.06. The highest BCUT2D eigenvalue weighted by Gasteiger charge is 2.41. The number of carbonyl (C=O) groups excluding carboxylic acids is 1. The van der Waals surface area contributed by atoms with Crippen LogP contribution in [0.4, 0.5) is 0 Å². The molecule has 0 aromatic rings. The predicted octanol–water partition coefficient (Wildman–Crippen LogP) is -0.702. The molecule has 1 amide bonds. The van der Waals surface area contributed by atoms with Gasteiger partial charge in [-0.15, -0.1) is 0 Å². The number of methoxy groups -OCH3 is 1. The fraction of sp³-hybridized carbons (Fsp3) is 0.833. The van der Waals surface area contributed by atoms with Gasteiger partial charge in [-0.2, -0.15) is 0 Å². The third-order valence-electron chi connectivity index (χ3n) is 3.29. The van der Waals surface area contributed by atoms with E-state index in [0.717, 1.165) is 6.42 Å². The third kappa shape index (κ3) is 3.65. The quantitative estimate of drug-likeness (QED) is 0.636. The van der Waals surface area contributed by atoms with Gasteiger partial charge in [-0.3, -0.25) is 9.59 Å². The molecule has 1 saturated heterocycles. The van der Waals surface area contributed by atoms with Crippen molar-refractivity contribution in [2.75, 3.05) is 33.4 Å². The Balaban J connectivity index is 2.86. The molecule has 110 valence electrons. The van der Waals surface area contributed by atoms with Gasteiger partial charge in [0.25, 0.3) is 5.91 Å². The number of aliphatic carboxylic acids is 1. The lowest BCUT2D eigenvalue weighted by Gasteiger charge is -2.32. The van der Waals surface area contributed by atoms with Crippen LogP contribution in [0.1, 0.15) is 13.3 Å². The first-order valence-electron chi connectivity index (χ1n) is 6.40. The summed E-state index contributed by atoms with van der Waals surface area (Å²) in [5, 5.41) is 9.16. The minimum absolute atomic E-state index is 0.0703. The van der Waals surface area contributed by atoms with Gasteiger partial charge in [-0.05, 0) is 6.42 Å². The van der Waals surface area contributed by atoms with Crippen molar-refractivity contribution in [3.05, 3.63) is 0 Å². The zero-order chi connectivity index (χ0) is 14.4. The Kier molecular flexibility index (Phi) is 6.20. The summed E-state index contributed by atoms with van der Waals surface area (Å²) in [4.78, 5) is 25.0. The zero-order valence-electron chi connectivity index (χ0n) is 11.4. The Labute approximate surface area is 112 Å². The highest BCUT2D eigenvalue weighted by molar-refractivity contribution is 5.82. The van der Waals surface area contributed by atoms with Crippen LogP contribution in [0.25, 0.3) is 0 Å². The number of carboxylic acid groups (broad SMARTS) is 1. The van der Waals surface area contributed by atoms with Gasteiger partial charge in [0.1, 0.15) is 12.0 Å². The number of hydrogen-bond acceptors (Lipinski definition) is 5. The molecule has 3 unspecified atom stereocenters. The molecule has 3 atom stereocenters. The molecule has 3 N–H and O–H groups in total. The summed E-state index contributed by atoms with van der Waals surface area (Å²) < 4.78 is 10.2. The molecule has 0 spiro atoms. The first kappa shape index (κ1) is 15.9. The summed E-state index contributed by atoms with van der Waals surface area (Å²) >= 11 is 0. The van der Waals surface area contributed by atoms with Gasteiger partial charge in [-0.25, -0.2) is 0 Å². The highest BCUT2D eigenvalue weighted by Crippen LogP contribution is 2.21. The van der Waals surface area contributed by atoms with E-state index in [1.807, 2.05) is 6.92 Å². The van der Waals surface area contributed by atoms with Crippen LogP contribution < -0.4 is 5.73 Å². The van der Waals surface area contributed by atoms with Crippen molar-refractivity contribution in [1.82, 2.24) is 4.90 Å². The van der Waals surface area contributed by atoms with Crippen molar-refractivity contribution in [2.45, 2.75) is 25.5 Å². The summed E-state index contributed by atoms with van der Waals surface area (Å²) in [5.41, 5.74) is 5.49. The molecule has 1 heterocycles.